The van der Waals surface area contributed by atoms with Gasteiger partial charge in [-0.25, -0.2) is 9.55 Å². The highest BCUT2D eigenvalue weighted by molar-refractivity contribution is 5.95. The summed E-state index contributed by atoms with van der Waals surface area (Å²) < 4.78 is 9.44. The number of hydrogen-bond donors (Lipinski definition) is 2. The first-order valence-electron chi connectivity index (χ1n) is 10.2. The van der Waals surface area contributed by atoms with Crippen LogP contribution in [0.3, 0.4) is 0 Å². The summed E-state index contributed by atoms with van der Waals surface area (Å²) in [6.45, 7) is 0.730. The fraction of sp³-hybridized carbons (Fsp3) is 0.167. The van der Waals surface area contributed by atoms with Gasteiger partial charge in [0.05, 0.1) is 25.5 Å². The molecule has 1 aromatic carbocycles. The standard InChI is InChI=1S/C23H23N5O2.CH2O2/c1-24-18-8-11-27(12-9-18)14-10-25-23(29)17-7-13-28-20(16-26-22(28)15-17)19-5-3-4-6-21(19)30-2;2-1-3/h3-9,11-13,15-16H,10,14H2,1-2H3,(H,25,29);1H,(H,2,3). The molecule has 0 unspecified atom stereocenters. The lowest BCUT2D eigenvalue weighted by atomic mass is 10.1. The number of methoxy groups -OCH3 is 1. The van der Waals surface area contributed by atoms with Crippen LogP contribution in [0, 0.1) is 0 Å². The van der Waals surface area contributed by atoms with Crippen molar-refractivity contribution >= 4 is 23.7 Å². The van der Waals surface area contributed by atoms with Gasteiger partial charge >= 0.3 is 0 Å². The first-order chi connectivity index (χ1) is 16.1. The largest absolute Gasteiger partial charge is 0.554 e. The van der Waals surface area contributed by atoms with Crippen molar-refractivity contribution in [1.82, 2.24) is 14.7 Å². The third-order valence-electron chi connectivity index (χ3n) is 4.99. The molecule has 0 spiro atoms. The van der Waals surface area contributed by atoms with Gasteiger partial charge in [-0.05, 0) is 24.3 Å². The van der Waals surface area contributed by atoms with E-state index in [2.05, 4.69) is 15.6 Å². The van der Waals surface area contributed by atoms with E-state index < -0.39 is 6.47 Å². The van der Waals surface area contributed by atoms with Gasteiger partial charge in [-0.1, -0.05) is 12.1 Å². The second-order valence-electron chi connectivity index (χ2n) is 6.91. The van der Waals surface area contributed by atoms with Crippen molar-refractivity contribution in [2.45, 2.75) is 6.54 Å². The maximum atomic E-state index is 12.6. The van der Waals surface area contributed by atoms with E-state index in [-0.39, 0.29) is 5.91 Å². The normalized spacial score (nSPS) is 10.1. The maximum Gasteiger partial charge on any atom is 0.251 e. The van der Waals surface area contributed by atoms with E-state index in [1.165, 1.54) is 0 Å². The van der Waals surface area contributed by atoms with Crippen LogP contribution in [-0.2, 0) is 11.3 Å². The number of anilines is 1. The number of pyridine rings is 2. The molecule has 0 saturated carbocycles. The van der Waals surface area contributed by atoms with Gasteiger partial charge in [-0.15, -0.1) is 0 Å². The monoisotopic (exact) mass is 447 g/mol. The summed E-state index contributed by atoms with van der Waals surface area (Å²) in [6.07, 6.45) is 7.62. The van der Waals surface area contributed by atoms with E-state index in [9.17, 15) is 4.79 Å². The topological polar surface area (TPSA) is 112 Å². The molecule has 4 rings (SSSR count). The van der Waals surface area contributed by atoms with Gasteiger partial charge < -0.3 is 25.3 Å². The Morgan fingerprint density at radius 3 is 2.64 bits per heavy atom. The number of hydrogen-bond acceptors (Lipinski definition) is 6. The zero-order chi connectivity index (χ0) is 23.6. The molecule has 0 bridgehead atoms. The molecule has 0 fully saturated rings. The van der Waals surface area contributed by atoms with Gasteiger partial charge in [0.15, 0.2) is 18.9 Å². The molecule has 9 nitrogen and oxygen atoms in total. The SMILES string of the molecule is CNc1cc[n+](CCNC(=O)c2ccn3c(-c4ccccc4OC)cnc3c2)cc1.O=C[O-]. The molecular formula is C24H25N5O4. The molecule has 0 saturated heterocycles. The van der Waals surface area contributed by atoms with E-state index in [0.717, 1.165) is 22.7 Å². The number of aromatic nitrogens is 3. The van der Waals surface area contributed by atoms with Crippen LogP contribution >= 0.6 is 0 Å². The minimum Gasteiger partial charge on any atom is -0.554 e. The Morgan fingerprint density at radius 1 is 1.21 bits per heavy atom. The average molecular weight is 447 g/mol. The van der Waals surface area contributed by atoms with Crippen LogP contribution in [0.5, 0.6) is 5.75 Å². The highest BCUT2D eigenvalue weighted by Crippen LogP contribution is 2.30. The van der Waals surface area contributed by atoms with E-state index >= 15 is 0 Å². The molecule has 4 aromatic rings. The molecule has 2 N–H and O–H groups in total. The number of carbonyl (C=O) groups excluding carboxylic acids is 2. The molecule has 33 heavy (non-hydrogen) atoms. The van der Waals surface area contributed by atoms with Gasteiger partial charge in [0.2, 0.25) is 0 Å². The van der Waals surface area contributed by atoms with Crippen molar-refractivity contribution in [2.75, 3.05) is 26.0 Å². The van der Waals surface area contributed by atoms with Crippen molar-refractivity contribution in [2.24, 2.45) is 0 Å². The summed E-state index contributed by atoms with van der Waals surface area (Å²) in [4.78, 5) is 25.3. The van der Waals surface area contributed by atoms with E-state index in [4.69, 9.17) is 14.6 Å². The summed E-state index contributed by atoms with van der Waals surface area (Å²) in [5.41, 5.74) is 4.20. The van der Waals surface area contributed by atoms with Crippen molar-refractivity contribution < 1.29 is 24.0 Å². The van der Waals surface area contributed by atoms with Crippen molar-refractivity contribution in [3.63, 3.8) is 0 Å². The molecule has 0 aliphatic carbocycles. The van der Waals surface area contributed by atoms with Crippen LogP contribution in [0.1, 0.15) is 10.4 Å². The lowest BCUT2D eigenvalue weighted by molar-refractivity contribution is -0.694. The number of nitrogens with zero attached hydrogens (tertiary/aromatic N) is 3. The molecule has 0 aliphatic rings. The molecule has 0 atom stereocenters. The third-order valence-corrected chi connectivity index (χ3v) is 4.99. The summed E-state index contributed by atoms with van der Waals surface area (Å²) in [5, 5.41) is 14.3. The summed E-state index contributed by atoms with van der Waals surface area (Å²) >= 11 is 0. The molecule has 3 aromatic heterocycles. The van der Waals surface area contributed by atoms with Crippen molar-refractivity contribution in [3.8, 4) is 17.0 Å². The predicted octanol–water partition coefficient (Wildman–Crippen LogP) is 1.14. The van der Waals surface area contributed by atoms with Gasteiger partial charge in [0, 0.05) is 48.7 Å². The maximum absolute atomic E-state index is 12.6. The Morgan fingerprint density at radius 2 is 1.94 bits per heavy atom. The van der Waals surface area contributed by atoms with E-state index in [1.807, 2.05) is 71.0 Å². The van der Waals surface area contributed by atoms with Gasteiger partial charge in [0.25, 0.3) is 5.91 Å². The van der Waals surface area contributed by atoms with Crippen LogP contribution in [0.2, 0.25) is 0 Å². The van der Waals surface area contributed by atoms with Crippen LogP contribution in [-0.4, -0.2) is 42.5 Å². The molecular weight excluding hydrogens is 422 g/mol. The van der Waals surface area contributed by atoms with Gasteiger partial charge in [0.1, 0.15) is 11.4 Å². The summed E-state index contributed by atoms with van der Waals surface area (Å²) in [5.74, 6) is 0.660. The Kier molecular flexibility index (Phi) is 7.96. The number of nitrogens with one attached hydrogen (secondary N) is 2. The number of carbonyl (C=O) groups is 2. The third kappa shape index (κ3) is 5.65. The Labute approximate surface area is 191 Å². The first-order valence-corrected chi connectivity index (χ1v) is 10.2. The van der Waals surface area contributed by atoms with E-state index in [0.29, 0.717) is 24.3 Å². The zero-order valence-corrected chi connectivity index (χ0v) is 18.4. The lowest BCUT2D eigenvalue weighted by Gasteiger charge is -2.08. The minimum atomic E-state index is -0.500. The second kappa shape index (κ2) is 11.3. The van der Waals surface area contributed by atoms with Gasteiger partial charge in [-0.3, -0.25) is 9.20 Å². The number of fused-ring (bicyclic) bond motifs is 1. The average Bonchev–Trinajstić information content (AvgIpc) is 3.28. The highest BCUT2D eigenvalue weighted by atomic mass is 16.5. The van der Waals surface area contributed by atoms with Crippen molar-refractivity contribution in [1.29, 1.82) is 0 Å². The first kappa shape index (κ1) is 23.3. The Hall–Kier alpha value is -4.40. The van der Waals surface area contributed by atoms with Crippen LogP contribution in [0.15, 0.2) is 73.3 Å². The van der Waals surface area contributed by atoms with Crippen LogP contribution < -0.4 is 25.0 Å². The predicted molar refractivity (Wildman–Crippen MR) is 122 cm³/mol. The number of carboxylic acid groups (broad SMARTS) is 1. The Balaban J connectivity index is 0.000000968. The number of amides is 1. The van der Waals surface area contributed by atoms with Crippen LogP contribution in [0.25, 0.3) is 16.9 Å². The smallest absolute Gasteiger partial charge is 0.251 e. The molecule has 9 heteroatoms. The van der Waals surface area contributed by atoms with E-state index in [1.54, 1.807) is 25.4 Å². The number of imidazole rings is 1. The summed E-state index contributed by atoms with van der Waals surface area (Å²) in [7, 11) is 3.54. The molecule has 3 heterocycles. The van der Waals surface area contributed by atoms with Crippen LogP contribution in [0.4, 0.5) is 5.69 Å². The van der Waals surface area contributed by atoms with Gasteiger partial charge in [-0.2, -0.15) is 0 Å². The fourth-order valence-corrected chi connectivity index (χ4v) is 3.35. The quantitative estimate of drug-likeness (QED) is 0.325. The molecule has 1 amide bonds. The highest BCUT2D eigenvalue weighted by Gasteiger charge is 2.13. The number of para-hydroxylation sites is 1. The molecule has 170 valence electrons. The molecule has 0 aliphatic heterocycles. The minimum absolute atomic E-state index is 0.119. The number of rotatable bonds is 7. The van der Waals surface area contributed by atoms with Crippen molar-refractivity contribution in [3.05, 3.63) is 78.9 Å². The fourth-order valence-electron chi connectivity index (χ4n) is 3.35. The zero-order valence-electron chi connectivity index (χ0n) is 18.4. The Bertz CT molecular complexity index is 1220. The number of benzene rings is 1. The lowest BCUT2D eigenvalue weighted by Crippen LogP contribution is -2.40. The number of ether oxygens (including phenoxy) is 1. The summed E-state index contributed by atoms with van der Waals surface area (Å²) in [6, 6.07) is 15.4. The second-order valence-corrected chi connectivity index (χ2v) is 6.91. The molecule has 0 radical (unpaired) electrons.